The average Bonchev–Trinajstić information content (AvgIpc) is 2.98. The van der Waals surface area contributed by atoms with E-state index < -0.39 is 23.5 Å². The van der Waals surface area contributed by atoms with E-state index in [0.717, 1.165) is 5.56 Å². The molecule has 0 saturated carbocycles. The van der Waals surface area contributed by atoms with Gasteiger partial charge in [-0.2, -0.15) is 0 Å². The second-order valence-electron chi connectivity index (χ2n) is 6.27. The summed E-state index contributed by atoms with van der Waals surface area (Å²) in [6.07, 6.45) is 2.97. The van der Waals surface area contributed by atoms with Crippen LogP contribution in [0, 0.1) is 0 Å². The molecule has 0 aliphatic carbocycles. The monoisotopic (exact) mass is 379 g/mol. The summed E-state index contributed by atoms with van der Waals surface area (Å²) in [5, 5.41) is 19.8. The first kappa shape index (κ1) is 19.4. The number of β-amino-alcohol motifs (C(OH)–C–C–N with tert-alkyl or cyclic N) is 1. The first-order chi connectivity index (χ1) is 13.6. The van der Waals surface area contributed by atoms with Crippen LogP contribution in [0.1, 0.15) is 17.2 Å². The van der Waals surface area contributed by atoms with E-state index in [1.165, 1.54) is 18.1 Å². The van der Waals surface area contributed by atoms with E-state index in [4.69, 9.17) is 4.74 Å². The van der Waals surface area contributed by atoms with E-state index >= 15 is 0 Å². The first-order valence-electron chi connectivity index (χ1n) is 8.83. The van der Waals surface area contributed by atoms with Gasteiger partial charge in [0.15, 0.2) is 11.5 Å². The van der Waals surface area contributed by atoms with Gasteiger partial charge in [-0.3, -0.25) is 9.59 Å². The van der Waals surface area contributed by atoms with Crippen molar-refractivity contribution in [1.82, 2.24) is 4.90 Å². The Morgan fingerprint density at radius 3 is 2.61 bits per heavy atom. The van der Waals surface area contributed by atoms with Crippen molar-refractivity contribution in [3.8, 4) is 5.75 Å². The van der Waals surface area contributed by atoms with Crippen molar-refractivity contribution >= 4 is 17.8 Å². The molecule has 0 bridgehead atoms. The number of rotatable bonds is 7. The van der Waals surface area contributed by atoms with Crippen LogP contribution in [0.5, 0.6) is 5.75 Å². The molecule has 28 heavy (non-hydrogen) atoms. The molecule has 1 unspecified atom stereocenters. The molecule has 6 nitrogen and oxygen atoms in total. The maximum absolute atomic E-state index is 12.9. The van der Waals surface area contributed by atoms with Gasteiger partial charge >= 0.3 is 0 Å². The van der Waals surface area contributed by atoms with Crippen molar-refractivity contribution in [3.05, 3.63) is 83.1 Å². The molecule has 0 spiro atoms. The third-order valence-corrected chi connectivity index (χ3v) is 4.55. The maximum atomic E-state index is 12.9. The lowest BCUT2D eigenvalue weighted by Gasteiger charge is -2.26. The minimum Gasteiger partial charge on any atom is -0.503 e. The Bertz CT molecular complexity index is 933. The highest BCUT2D eigenvalue weighted by molar-refractivity contribution is 6.14. The van der Waals surface area contributed by atoms with Gasteiger partial charge in [-0.15, -0.1) is 0 Å². The van der Waals surface area contributed by atoms with Gasteiger partial charge in [0.05, 0.1) is 25.3 Å². The molecular formula is C22H21NO5. The molecule has 6 heteroatoms. The van der Waals surface area contributed by atoms with Crippen LogP contribution in [0.3, 0.4) is 0 Å². The number of amides is 1. The van der Waals surface area contributed by atoms with Gasteiger partial charge < -0.3 is 19.8 Å². The largest absolute Gasteiger partial charge is 0.503 e. The molecule has 0 saturated heterocycles. The second-order valence-corrected chi connectivity index (χ2v) is 6.27. The molecule has 1 aliphatic rings. The van der Waals surface area contributed by atoms with Crippen LogP contribution < -0.4 is 4.74 Å². The summed E-state index contributed by atoms with van der Waals surface area (Å²) in [5.41, 5.74) is 1.42. The van der Waals surface area contributed by atoms with Gasteiger partial charge in [0.2, 0.25) is 0 Å². The average molecular weight is 379 g/mol. The van der Waals surface area contributed by atoms with Crippen LogP contribution in [0.25, 0.3) is 6.08 Å². The molecule has 1 heterocycles. The zero-order valence-corrected chi connectivity index (χ0v) is 15.4. The summed E-state index contributed by atoms with van der Waals surface area (Å²) in [5.74, 6) is -1.18. The normalized spacial score (nSPS) is 16.9. The number of benzene rings is 2. The number of hydrogen-bond acceptors (Lipinski definition) is 5. The molecule has 2 aromatic carbocycles. The molecule has 144 valence electrons. The number of carbonyl (C=O) groups is 2. The number of ketones is 1. The number of nitrogens with zero attached hydrogens (tertiary/aromatic N) is 1. The van der Waals surface area contributed by atoms with E-state index in [0.29, 0.717) is 11.3 Å². The molecular weight excluding hydrogens is 358 g/mol. The molecule has 2 N–H and O–H groups in total. The van der Waals surface area contributed by atoms with Crippen molar-refractivity contribution in [1.29, 1.82) is 0 Å². The van der Waals surface area contributed by atoms with Crippen LogP contribution in [0.2, 0.25) is 0 Å². The number of hydrogen-bond donors (Lipinski definition) is 2. The molecule has 1 amide bonds. The Labute approximate surface area is 163 Å². The Hall–Kier alpha value is -3.38. The minimum atomic E-state index is -0.803. The predicted octanol–water partition coefficient (Wildman–Crippen LogP) is 2.67. The number of aliphatic hydroxyl groups is 2. The van der Waals surface area contributed by atoms with E-state index in [-0.39, 0.29) is 18.7 Å². The fourth-order valence-corrected chi connectivity index (χ4v) is 3.23. The molecule has 0 radical (unpaired) electrons. The zero-order chi connectivity index (χ0) is 20.1. The fourth-order valence-electron chi connectivity index (χ4n) is 3.23. The van der Waals surface area contributed by atoms with Crippen LogP contribution in [-0.2, 0) is 9.59 Å². The smallest absolute Gasteiger partial charge is 0.290 e. The van der Waals surface area contributed by atoms with E-state index in [2.05, 4.69) is 0 Å². The van der Waals surface area contributed by atoms with Crippen molar-refractivity contribution < 1.29 is 24.5 Å². The van der Waals surface area contributed by atoms with Gasteiger partial charge in [0.1, 0.15) is 5.75 Å². The zero-order valence-electron chi connectivity index (χ0n) is 15.4. The van der Waals surface area contributed by atoms with Gasteiger partial charge in [0.25, 0.3) is 5.91 Å². The van der Waals surface area contributed by atoms with Crippen LogP contribution in [0.15, 0.2) is 72.0 Å². The summed E-state index contributed by atoms with van der Waals surface area (Å²) < 4.78 is 5.23. The summed E-state index contributed by atoms with van der Waals surface area (Å²) in [6, 6.07) is 15.4. The van der Waals surface area contributed by atoms with E-state index in [9.17, 15) is 19.8 Å². The molecule has 1 aliphatic heterocycles. The highest BCUT2D eigenvalue weighted by atomic mass is 16.5. The number of aliphatic hydroxyl groups excluding tert-OH is 2. The summed E-state index contributed by atoms with van der Waals surface area (Å²) in [4.78, 5) is 26.7. The van der Waals surface area contributed by atoms with Crippen molar-refractivity contribution in [2.24, 2.45) is 0 Å². The number of carbonyl (C=O) groups excluding carboxylic acids is 2. The molecule has 0 fully saturated rings. The molecule has 3 rings (SSSR count). The Morgan fingerprint density at radius 2 is 1.93 bits per heavy atom. The highest BCUT2D eigenvalue weighted by Crippen LogP contribution is 2.38. The lowest BCUT2D eigenvalue weighted by molar-refractivity contribution is -0.129. The van der Waals surface area contributed by atoms with Crippen LogP contribution >= 0.6 is 0 Å². The van der Waals surface area contributed by atoms with E-state index in [1.54, 1.807) is 30.3 Å². The SMILES string of the molecule is COc1cccc(C2C(C(=O)/C=C/c3ccccc3)=C(O)C(=O)N2CCO)c1. The van der Waals surface area contributed by atoms with Gasteiger partial charge in [-0.05, 0) is 29.3 Å². The summed E-state index contributed by atoms with van der Waals surface area (Å²) in [6.45, 7) is -0.301. The van der Waals surface area contributed by atoms with Crippen LogP contribution in [0.4, 0.5) is 0 Å². The first-order valence-corrected chi connectivity index (χ1v) is 8.83. The number of ether oxygens (including phenoxy) is 1. The lowest BCUT2D eigenvalue weighted by Crippen LogP contribution is -2.33. The standard InChI is InChI=1S/C22H21NO5/c1-28-17-9-5-8-16(14-17)20-19(21(26)22(27)23(20)12-13-24)18(25)11-10-15-6-3-2-4-7-15/h2-11,14,20,24,26H,12-13H2,1H3/b11-10+. The third-order valence-electron chi connectivity index (χ3n) is 4.55. The Kier molecular flexibility index (Phi) is 5.91. The lowest BCUT2D eigenvalue weighted by atomic mass is 9.95. The molecule has 2 aromatic rings. The minimum absolute atomic E-state index is 0.00997. The Morgan fingerprint density at radius 1 is 1.18 bits per heavy atom. The van der Waals surface area contributed by atoms with Crippen molar-refractivity contribution in [3.63, 3.8) is 0 Å². The van der Waals surface area contributed by atoms with Gasteiger partial charge in [-0.25, -0.2) is 0 Å². The number of allylic oxidation sites excluding steroid dienone is 1. The topological polar surface area (TPSA) is 87.1 Å². The fraction of sp³-hybridized carbons (Fsp3) is 0.182. The molecule has 1 atom stereocenters. The number of methoxy groups -OCH3 is 1. The Balaban J connectivity index is 2.00. The van der Waals surface area contributed by atoms with Crippen molar-refractivity contribution in [2.45, 2.75) is 6.04 Å². The van der Waals surface area contributed by atoms with Gasteiger partial charge in [-0.1, -0.05) is 48.5 Å². The van der Waals surface area contributed by atoms with E-state index in [1.807, 2.05) is 30.3 Å². The maximum Gasteiger partial charge on any atom is 0.290 e. The van der Waals surface area contributed by atoms with Crippen molar-refractivity contribution in [2.75, 3.05) is 20.3 Å². The quantitative estimate of drug-likeness (QED) is 0.723. The predicted molar refractivity (Wildman–Crippen MR) is 105 cm³/mol. The van der Waals surface area contributed by atoms with Gasteiger partial charge in [0, 0.05) is 6.54 Å². The third kappa shape index (κ3) is 3.82. The summed E-state index contributed by atoms with van der Waals surface area (Å²) >= 11 is 0. The van der Waals surface area contributed by atoms with Crippen LogP contribution in [-0.4, -0.2) is 47.1 Å². The second kappa shape index (κ2) is 8.54. The highest BCUT2D eigenvalue weighted by Gasteiger charge is 2.42. The summed E-state index contributed by atoms with van der Waals surface area (Å²) in [7, 11) is 1.52. The molecule has 0 aromatic heterocycles.